The summed E-state index contributed by atoms with van der Waals surface area (Å²) in [4.78, 5) is 19.7. The third-order valence-corrected chi connectivity index (χ3v) is 4.68. The number of aromatic amines is 1. The molecule has 0 unspecified atom stereocenters. The first-order valence-electron chi connectivity index (χ1n) is 8.24. The molecule has 0 atom stereocenters. The molecule has 7 heteroatoms. The first-order valence-corrected chi connectivity index (χ1v) is 9.04. The van der Waals surface area contributed by atoms with E-state index in [-0.39, 0.29) is 17.0 Å². The molecule has 4 rings (SSSR count). The molecule has 0 aliphatic heterocycles. The predicted molar refractivity (Wildman–Crippen MR) is 109 cm³/mol. The third-order valence-electron chi connectivity index (χ3n) is 4.15. The number of hydrogen-bond acceptors (Lipinski definition) is 4. The van der Waals surface area contributed by atoms with Gasteiger partial charge in [-0.05, 0) is 31.2 Å². The van der Waals surface area contributed by atoms with Crippen LogP contribution in [0.5, 0.6) is 0 Å². The van der Waals surface area contributed by atoms with Crippen molar-refractivity contribution in [1.82, 2.24) is 19.7 Å². The fraction of sp³-hybridized carbons (Fsp3) is 0.0500. The molecule has 2 aromatic carbocycles. The van der Waals surface area contributed by atoms with Gasteiger partial charge in [0.15, 0.2) is 5.65 Å². The molecule has 0 saturated carbocycles. The van der Waals surface area contributed by atoms with Crippen molar-refractivity contribution in [3.8, 4) is 5.69 Å². The summed E-state index contributed by atoms with van der Waals surface area (Å²) in [5.41, 5.74) is 2.92. The van der Waals surface area contributed by atoms with Crippen LogP contribution in [0.3, 0.4) is 0 Å². The van der Waals surface area contributed by atoms with Crippen molar-refractivity contribution in [1.29, 1.82) is 0 Å². The molecule has 2 N–H and O–H groups in total. The lowest BCUT2D eigenvalue weighted by Crippen LogP contribution is -2.13. The maximum Gasteiger partial charge on any atom is 0.274 e. The highest BCUT2D eigenvalue weighted by Crippen LogP contribution is 2.20. The quantitative estimate of drug-likeness (QED) is 0.483. The van der Waals surface area contributed by atoms with Gasteiger partial charge in [0.05, 0.1) is 11.4 Å². The second-order valence-corrected chi connectivity index (χ2v) is 6.93. The Morgan fingerprint density at radius 2 is 1.85 bits per heavy atom. The fourth-order valence-electron chi connectivity index (χ4n) is 2.79. The van der Waals surface area contributed by atoms with E-state index in [1.807, 2.05) is 49.4 Å². The van der Waals surface area contributed by atoms with Gasteiger partial charge < -0.3 is 10.1 Å². The van der Waals surface area contributed by atoms with Crippen LogP contribution in [0.1, 0.15) is 17.0 Å². The highest BCUT2D eigenvalue weighted by molar-refractivity contribution is 9.10. The van der Waals surface area contributed by atoms with Crippen LogP contribution in [0, 0.1) is 6.92 Å². The number of aromatic nitrogens is 4. The number of halogens is 1. The number of rotatable bonds is 3. The second kappa shape index (κ2) is 6.85. The summed E-state index contributed by atoms with van der Waals surface area (Å²) >= 11 is 3.35. The summed E-state index contributed by atoms with van der Waals surface area (Å²) in [5.74, 6) is -0.0395. The summed E-state index contributed by atoms with van der Waals surface area (Å²) in [6.07, 6.45) is 1.36. The number of fused-ring (bicyclic) bond motifs is 1. The minimum absolute atomic E-state index is 0.0395. The molecule has 2 aromatic heterocycles. The van der Waals surface area contributed by atoms with Gasteiger partial charge in [-0.2, -0.15) is 5.10 Å². The number of H-pyrrole nitrogens is 1. The van der Waals surface area contributed by atoms with Gasteiger partial charge in [0.25, 0.3) is 5.56 Å². The summed E-state index contributed by atoms with van der Waals surface area (Å²) in [6, 6.07) is 16.7. The topological polar surface area (TPSA) is 83.8 Å². The second-order valence-electron chi connectivity index (χ2n) is 6.02. The average Bonchev–Trinajstić information content (AvgIpc) is 2.99. The van der Waals surface area contributed by atoms with Gasteiger partial charge in [0.2, 0.25) is 0 Å². The molecule has 0 spiro atoms. The number of hydrogen-bond donors (Lipinski definition) is 2. The SMILES string of the molecule is Cc1nn(-c2ccccc2)c2nc(/C=C(\O)c3ccc(Br)cc3)c(=O)[nH]c12. The number of nitrogens with zero attached hydrogens (tertiary/aromatic N) is 3. The van der Waals surface area contributed by atoms with E-state index in [1.54, 1.807) is 16.8 Å². The maximum absolute atomic E-state index is 12.4. The number of benzene rings is 2. The smallest absolute Gasteiger partial charge is 0.274 e. The Bertz CT molecular complexity index is 1210. The molecule has 0 bridgehead atoms. The lowest BCUT2D eigenvalue weighted by molar-refractivity contribution is 0.515. The maximum atomic E-state index is 12.4. The normalized spacial score (nSPS) is 11.9. The van der Waals surface area contributed by atoms with E-state index in [9.17, 15) is 9.90 Å². The van der Waals surface area contributed by atoms with E-state index >= 15 is 0 Å². The van der Waals surface area contributed by atoms with Crippen LogP contribution in [0.4, 0.5) is 0 Å². The fourth-order valence-corrected chi connectivity index (χ4v) is 3.05. The molecule has 0 fully saturated rings. The number of nitrogens with one attached hydrogen (secondary N) is 1. The van der Waals surface area contributed by atoms with Gasteiger partial charge in [-0.3, -0.25) is 4.79 Å². The molecule has 0 saturated heterocycles. The molecule has 27 heavy (non-hydrogen) atoms. The summed E-state index contributed by atoms with van der Waals surface area (Å²) in [6.45, 7) is 1.81. The van der Waals surface area contributed by atoms with E-state index in [0.717, 1.165) is 10.2 Å². The van der Waals surface area contributed by atoms with Gasteiger partial charge >= 0.3 is 0 Å². The molecule has 2 heterocycles. The molecule has 6 nitrogen and oxygen atoms in total. The summed E-state index contributed by atoms with van der Waals surface area (Å²) in [5, 5.41) is 14.9. The highest BCUT2D eigenvalue weighted by Gasteiger charge is 2.14. The van der Waals surface area contributed by atoms with Crippen molar-refractivity contribution in [2.24, 2.45) is 0 Å². The van der Waals surface area contributed by atoms with Crippen molar-refractivity contribution in [3.05, 3.63) is 86.4 Å². The monoisotopic (exact) mass is 422 g/mol. The average molecular weight is 423 g/mol. The van der Waals surface area contributed by atoms with E-state index < -0.39 is 0 Å². The van der Waals surface area contributed by atoms with Crippen LogP contribution in [0.25, 0.3) is 28.7 Å². The van der Waals surface area contributed by atoms with Gasteiger partial charge in [-0.15, -0.1) is 0 Å². The van der Waals surface area contributed by atoms with Crippen molar-refractivity contribution < 1.29 is 5.11 Å². The first kappa shape index (κ1) is 17.2. The zero-order valence-corrected chi connectivity index (χ0v) is 15.9. The molecule has 0 aliphatic carbocycles. The zero-order valence-electron chi connectivity index (χ0n) is 14.3. The number of aliphatic hydroxyl groups excluding tert-OH is 1. The Morgan fingerprint density at radius 3 is 2.56 bits per heavy atom. The van der Waals surface area contributed by atoms with Crippen LogP contribution in [0.15, 0.2) is 63.9 Å². The molecule has 134 valence electrons. The van der Waals surface area contributed by atoms with Crippen LogP contribution >= 0.6 is 15.9 Å². The van der Waals surface area contributed by atoms with Crippen LogP contribution in [-0.4, -0.2) is 24.9 Å². The number of aryl methyl sites for hydroxylation is 1. The van der Waals surface area contributed by atoms with Gasteiger partial charge in [-0.1, -0.05) is 46.3 Å². The summed E-state index contributed by atoms with van der Waals surface area (Å²) < 4.78 is 2.58. The predicted octanol–water partition coefficient (Wildman–Crippen LogP) is 4.24. The first-order chi connectivity index (χ1) is 13.0. The molecular formula is C20H15BrN4O2. The van der Waals surface area contributed by atoms with Crippen LogP contribution in [-0.2, 0) is 0 Å². The Hall–Kier alpha value is -3.19. The Labute approximate surface area is 163 Å². The van der Waals surface area contributed by atoms with Crippen molar-refractivity contribution in [2.75, 3.05) is 0 Å². The Kier molecular flexibility index (Phi) is 4.37. The van der Waals surface area contributed by atoms with E-state index in [4.69, 9.17) is 0 Å². The minimum atomic E-state index is -0.387. The molecule has 4 aromatic rings. The van der Waals surface area contributed by atoms with E-state index in [1.165, 1.54) is 6.08 Å². The molecule has 0 amide bonds. The molecule has 0 aliphatic rings. The minimum Gasteiger partial charge on any atom is -0.507 e. The standard InChI is InChI=1S/C20H15BrN4O2/c1-12-18-19(25(24-12)15-5-3-2-4-6-15)22-16(20(27)23-18)11-17(26)13-7-9-14(21)10-8-13/h2-11,26H,1H3,(H,23,27)/b17-11-. The van der Waals surface area contributed by atoms with Crippen LogP contribution < -0.4 is 5.56 Å². The third kappa shape index (κ3) is 3.29. The van der Waals surface area contributed by atoms with Gasteiger partial charge in [0, 0.05) is 16.1 Å². The van der Waals surface area contributed by atoms with Crippen molar-refractivity contribution >= 4 is 38.9 Å². The van der Waals surface area contributed by atoms with E-state index in [2.05, 4.69) is 31.0 Å². The molecule has 0 radical (unpaired) electrons. The van der Waals surface area contributed by atoms with Gasteiger partial charge in [0.1, 0.15) is 17.0 Å². The largest absolute Gasteiger partial charge is 0.507 e. The molecular weight excluding hydrogens is 408 g/mol. The Balaban J connectivity index is 1.87. The van der Waals surface area contributed by atoms with Crippen molar-refractivity contribution in [3.63, 3.8) is 0 Å². The highest BCUT2D eigenvalue weighted by atomic mass is 79.9. The Morgan fingerprint density at radius 1 is 1.15 bits per heavy atom. The van der Waals surface area contributed by atoms with Crippen LogP contribution in [0.2, 0.25) is 0 Å². The zero-order chi connectivity index (χ0) is 19.0. The summed E-state index contributed by atoms with van der Waals surface area (Å²) in [7, 11) is 0. The van der Waals surface area contributed by atoms with E-state index in [0.29, 0.717) is 22.4 Å². The lowest BCUT2D eigenvalue weighted by atomic mass is 10.1. The van der Waals surface area contributed by atoms with Gasteiger partial charge in [-0.25, -0.2) is 9.67 Å². The number of aliphatic hydroxyl groups is 1. The lowest BCUT2D eigenvalue weighted by Gasteiger charge is -2.03. The number of para-hydroxylation sites is 1. The van der Waals surface area contributed by atoms with Crippen molar-refractivity contribution in [2.45, 2.75) is 6.92 Å².